The van der Waals surface area contributed by atoms with Crippen molar-refractivity contribution in [3.63, 3.8) is 0 Å². The normalized spacial score (nSPS) is 11.2. The molecule has 26 heavy (non-hydrogen) atoms. The lowest BCUT2D eigenvalue weighted by atomic mass is 10.1. The molecule has 0 radical (unpaired) electrons. The number of esters is 1. The van der Waals surface area contributed by atoms with Gasteiger partial charge in [-0.25, -0.2) is 0 Å². The van der Waals surface area contributed by atoms with Gasteiger partial charge in [0, 0.05) is 5.39 Å². The molecule has 0 saturated heterocycles. The summed E-state index contributed by atoms with van der Waals surface area (Å²) in [7, 11) is 3.67. The maximum absolute atomic E-state index is 13.0. The number of benzene rings is 2. The lowest BCUT2D eigenvalue weighted by molar-refractivity contribution is -0.171. The molecule has 0 spiro atoms. The van der Waals surface area contributed by atoms with Crippen molar-refractivity contribution in [3.8, 4) is 11.5 Å². The Bertz CT molecular complexity index is 835. The van der Waals surface area contributed by atoms with Crippen LogP contribution in [0.5, 0.6) is 11.5 Å². The Balaban J connectivity index is 2.70. The number of carbonyl (C=O) groups excluding carboxylic acids is 2. The SMILES string of the molecule is COC(=O)CN(C(=O)C(F)(F)F)c1cc2c(OC)cccc2cc1OC. The molecular weight excluding hydrogens is 355 g/mol. The van der Waals surface area contributed by atoms with Gasteiger partial charge in [0.2, 0.25) is 0 Å². The first-order chi connectivity index (χ1) is 12.2. The fraction of sp³-hybridized carbons (Fsp3) is 0.294. The van der Waals surface area contributed by atoms with E-state index in [-0.39, 0.29) is 16.3 Å². The predicted octanol–water partition coefficient (Wildman–Crippen LogP) is 2.93. The topological polar surface area (TPSA) is 65.1 Å². The number of anilines is 1. The fourth-order valence-corrected chi connectivity index (χ4v) is 2.43. The summed E-state index contributed by atoms with van der Waals surface area (Å²) in [5.41, 5.74) is -0.225. The zero-order valence-corrected chi connectivity index (χ0v) is 14.2. The van der Waals surface area contributed by atoms with Crippen molar-refractivity contribution in [2.45, 2.75) is 6.18 Å². The molecule has 0 saturated carbocycles. The van der Waals surface area contributed by atoms with Crippen LogP contribution in [-0.2, 0) is 14.3 Å². The van der Waals surface area contributed by atoms with E-state index >= 15 is 0 Å². The number of ether oxygens (including phenoxy) is 3. The Morgan fingerprint density at radius 2 is 1.69 bits per heavy atom. The molecule has 6 nitrogen and oxygen atoms in total. The number of hydrogen-bond acceptors (Lipinski definition) is 5. The van der Waals surface area contributed by atoms with Crippen LogP contribution in [0.3, 0.4) is 0 Å². The zero-order chi connectivity index (χ0) is 19.5. The molecule has 2 rings (SSSR count). The van der Waals surface area contributed by atoms with Crippen LogP contribution in [0.4, 0.5) is 18.9 Å². The molecule has 2 aromatic rings. The van der Waals surface area contributed by atoms with Crippen LogP contribution in [0.15, 0.2) is 30.3 Å². The molecule has 2 aromatic carbocycles. The van der Waals surface area contributed by atoms with Crippen molar-refractivity contribution in [1.29, 1.82) is 0 Å². The second-order valence-corrected chi connectivity index (χ2v) is 5.17. The number of alkyl halides is 3. The van der Waals surface area contributed by atoms with Crippen molar-refractivity contribution in [2.24, 2.45) is 0 Å². The highest BCUT2D eigenvalue weighted by atomic mass is 19.4. The van der Waals surface area contributed by atoms with Gasteiger partial charge in [-0.05, 0) is 23.6 Å². The molecule has 0 atom stereocenters. The molecule has 9 heteroatoms. The number of methoxy groups -OCH3 is 3. The number of hydrogen-bond donors (Lipinski definition) is 0. The number of nitrogens with zero attached hydrogens (tertiary/aromatic N) is 1. The third-order valence-corrected chi connectivity index (χ3v) is 3.65. The minimum atomic E-state index is -5.19. The molecule has 0 aromatic heterocycles. The third-order valence-electron chi connectivity index (χ3n) is 3.65. The summed E-state index contributed by atoms with van der Waals surface area (Å²) in [5, 5.41) is 1.08. The van der Waals surface area contributed by atoms with Crippen molar-refractivity contribution in [1.82, 2.24) is 0 Å². The van der Waals surface area contributed by atoms with Gasteiger partial charge in [-0.15, -0.1) is 0 Å². The molecule has 140 valence electrons. The summed E-state index contributed by atoms with van der Waals surface area (Å²) in [6.07, 6.45) is -5.19. The molecule has 1 amide bonds. The third kappa shape index (κ3) is 3.81. The quantitative estimate of drug-likeness (QED) is 0.756. The molecule has 0 bridgehead atoms. The monoisotopic (exact) mass is 371 g/mol. The van der Waals surface area contributed by atoms with Crippen LogP contribution in [0.1, 0.15) is 0 Å². The first-order valence-electron chi connectivity index (χ1n) is 7.33. The Kier molecular flexibility index (Phi) is 5.59. The predicted molar refractivity (Wildman–Crippen MR) is 87.5 cm³/mol. The highest BCUT2D eigenvalue weighted by Crippen LogP contribution is 2.38. The summed E-state index contributed by atoms with van der Waals surface area (Å²) in [6.45, 7) is -0.925. The molecule has 0 heterocycles. The van der Waals surface area contributed by atoms with Crippen molar-refractivity contribution in [2.75, 3.05) is 32.8 Å². The first kappa shape index (κ1) is 19.4. The lowest BCUT2D eigenvalue weighted by Gasteiger charge is -2.25. The van der Waals surface area contributed by atoms with Gasteiger partial charge in [-0.1, -0.05) is 12.1 Å². The summed E-state index contributed by atoms with van der Waals surface area (Å²) in [4.78, 5) is 23.7. The van der Waals surface area contributed by atoms with E-state index in [4.69, 9.17) is 9.47 Å². The van der Waals surface area contributed by atoms with Gasteiger partial charge >= 0.3 is 18.1 Å². The minimum absolute atomic E-state index is 0.00717. The Morgan fingerprint density at radius 1 is 1.04 bits per heavy atom. The van der Waals surface area contributed by atoms with Gasteiger partial charge in [-0.2, -0.15) is 13.2 Å². The Morgan fingerprint density at radius 3 is 2.23 bits per heavy atom. The van der Waals surface area contributed by atoms with E-state index in [1.165, 1.54) is 26.4 Å². The molecule has 0 N–H and O–H groups in total. The molecule has 0 aliphatic heterocycles. The molecule has 0 aliphatic rings. The first-order valence-corrected chi connectivity index (χ1v) is 7.33. The van der Waals surface area contributed by atoms with Crippen LogP contribution >= 0.6 is 0 Å². The van der Waals surface area contributed by atoms with E-state index in [2.05, 4.69) is 4.74 Å². The summed E-state index contributed by atoms with van der Waals surface area (Å²) < 4.78 is 53.8. The number of amides is 1. The van der Waals surface area contributed by atoms with Gasteiger partial charge in [0.1, 0.15) is 18.0 Å². The van der Waals surface area contributed by atoms with Crippen molar-refractivity contribution < 1.29 is 37.0 Å². The van der Waals surface area contributed by atoms with Gasteiger partial charge < -0.3 is 14.2 Å². The number of fused-ring (bicyclic) bond motifs is 1. The molecule has 0 aliphatic carbocycles. The Labute approximate surface area is 147 Å². The highest BCUT2D eigenvalue weighted by molar-refractivity contribution is 6.04. The molecule has 0 unspecified atom stereocenters. The van der Waals surface area contributed by atoms with Gasteiger partial charge in [-0.3, -0.25) is 14.5 Å². The second kappa shape index (κ2) is 7.51. The maximum Gasteiger partial charge on any atom is 0.471 e. The zero-order valence-electron chi connectivity index (χ0n) is 14.2. The smallest absolute Gasteiger partial charge is 0.471 e. The van der Waals surface area contributed by atoms with E-state index in [1.807, 2.05) is 0 Å². The highest BCUT2D eigenvalue weighted by Gasteiger charge is 2.44. The number of halogens is 3. The van der Waals surface area contributed by atoms with E-state index in [9.17, 15) is 22.8 Å². The Hall–Kier alpha value is -2.97. The van der Waals surface area contributed by atoms with Crippen LogP contribution in [0, 0.1) is 0 Å². The second-order valence-electron chi connectivity index (χ2n) is 5.17. The van der Waals surface area contributed by atoms with Gasteiger partial charge in [0.15, 0.2) is 0 Å². The minimum Gasteiger partial charge on any atom is -0.496 e. The van der Waals surface area contributed by atoms with Crippen LogP contribution < -0.4 is 14.4 Å². The standard InChI is InChI=1S/C17H16F3NO5/c1-24-13-6-4-5-10-7-14(25-2)12(8-11(10)13)21(9-15(22)26-3)16(23)17(18,19)20/h4-8H,9H2,1-3H3. The lowest BCUT2D eigenvalue weighted by Crippen LogP contribution is -2.44. The van der Waals surface area contributed by atoms with Gasteiger partial charge in [0.05, 0.1) is 27.0 Å². The fourth-order valence-electron chi connectivity index (χ4n) is 2.43. The summed E-state index contributed by atoms with van der Waals surface area (Å²) in [6, 6.07) is 7.79. The van der Waals surface area contributed by atoms with Crippen LogP contribution in [-0.4, -0.2) is 45.9 Å². The van der Waals surface area contributed by atoms with Crippen molar-refractivity contribution in [3.05, 3.63) is 30.3 Å². The number of carbonyl (C=O) groups is 2. The van der Waals surface area contributed by atoms with E-state index in [0.717, 1.165) is 7.11 Å². The average molecular weight is 371 g/mol. The summed E-state index contributed by atoms with van der Waals surface area (Å²) in [5.74, 6) is -2.84. The average Bonchev–Trinajstić information content (AvgIpc) is 2.62. The largest absolute Gasteiger partial charge is 0.496 e. The molecule has 0 fully saturated rings. The summed E-state index contributed by atoms with van der Waals surface area (Å²) >= 11 is 0. The van der Waals surface area contributed by atoms with Crippen LogP contribution in [0.25, 0.3) is 10.8 Å². The van der Waals surface area contributed by atoms with Gasteiger partial charge in [0.25, 0.3) is 0 Å². The van der Waals surface area contributed by atoms with Crippen LogP contribution in [0.2, 0.25) is 0 Å². The van der Waals surface area contributed by atoms with E-state index < -0.39 is 24.6 Å². The van der Waals surface area contributed by atoms with E-state index in [1.54, 1.807) is 18.2 Å². The van der Waals surface area contributed by atoms with Crippen molar-refractivity contribution >= 4 is 28.3 Å². The number of rotatable bonds is 5. The maximum atomic E-state index is 13.0. The van der Waals surface area contributed by atoms with E-state index in [0.29, 0.717) is 16.5 Å². The molecular formula is C17H16F3NO5.